The number of carboxylic acids is 1. The van der Waals surface area contributed by atoms with Gasteiger partial charge in [-0.05, 0) is 25.7 Å². The number of rotatable bonds is 4. The van der Waals surface area contributed by atoms with E-state index in [9.17, 15) is 9.90 Å². The molecule has 1 atom stereocenters. The van der Waals surface area contributed by atoms with Crippen LogP contribution in [-0.2, 0) is 17.8 Å². The van der Waals surface area contributed by atoms with Gasteiger partial charge in [0, 0.05) is 23.2 Å². The van der Waals surface area contributed by atoms with Gasteiger partial charge in [0.05, 0.1) is 17.8 Å². The van der Waals surface area contributed by atoms with Crippen LogP contribution in [0.1, 0.15) is 42.7 Å². The Bertz CT molecular complexity index is 632. The van der Waals surface area contributed by atoms with Crippen LogP contribution < -0.4 is 0 Å². The number of aryl methyl sites for hydroxylation is 2. The van der Waals surface area contributed by atoms with Gasteiger partial charge in [-0.2, -0.15) is 5.10 Å². The number of fused-ring (bicyclic) bond motifs is 1. The average molecular weight is 291 g/mol. The molecule has 2 aromatic heterocycles. The molecule has 0 fully saturated rings. The zero-order chi connectivity index (χ0) is 14.1. The van der Waals surface area contributed by atoms with Gasteiger partial charge in [0.25, 0.3) is 0 Å². The van der Waals surface area contributed by atoms with E-state index in [-0.39, 0.29) is 0 Å². The Balaban J connectivity index is 1.93. The summed E-state index contributed by atoms with van der Waals surface area (Å²) < 4.78 is 1.91. The molecule has 0 bridgehead atoms. The maximum absolute atomic E-state index is 11.3. The standard InChI is InChI=1S/C14H17N3O2S/c1-2-6-17-8-9(7-15-17)13-16-12-10(14(18)19)4-3-5-11(12)20-13/h7-8,10H,2-6H2,1H3,(H,18,19). The van der Waals surface area contributed by atoms with Gasteiger partial charge >= 0.3 is 5.97 Å². The van der Waals surface area contributed by atoms with Gasteiger partial charge in [-0.1, -0.05) is 6.92 Å². The van der Waals surface area contributed by atoms with E-state index in [1.165, 1.54) is 0 Å². The Labute approximate surface area is 121 Å². The number of hydrogen-bond donors (Lipinski definition) is 1. The molecule has 1 unspecified atom stereocenters. The fourth-order valence-corrected chi connectivity index (χ4v) is 3.75. The first-order chi connectivity index (χ1) is 9.69. The number of thiazole rings is 1. The van der Waals surface area contributed by atoms with E-state index in [0.29, 0.717) is 6.42 Å². The number of hydrogen-bond acceptors (Lipinski definition) is 4. The van der Waals surface area contributed by atoms with Crippen LogP contribution in [0.3, 0.4) is 0 Å². The highest BCUT2D eigenvalue weighted by Crippen LogP contribution is 2.38. The minimum Gasteiger partial charge on any atom is -0.481 e. The van der Waals surface area contributed by atoms with E-state index >= 15 is 0 Å². The third-order valence-corrected chi connectivity index (χ3v) is 4.77. The third kappa shape index (κ3) is 2.35. The minimum atomic E-state index is -0.760. The molecule has 0 aromatic carbocycles. The SMILES string of the molecule is CCCn1cc(-c2nc3c(s2)CCCC3C(=O)O)cn1. The lowest BCUT2D eigenvalue weighted by atomic mass is 9.91. The lowest BCUT2D eigenvalue weighted by Crippen LogP contribution is -2.17. The van der Waals surface area contributed by atoms with E-state index in [1.54, 1.807) is 11.3 Å². The summed E-state index contributed by atoms with van der Waals surface area (Å²) in [4.78, 5) is 17.0. The van der Waals surface area contributed by atoms with Gasteiger partial charge in [-0.15, -0.1) is 11.3 Å². The number of carbonyl (C=O) groups is 1. The topological polar surface area (TPSA) is 68.0 Å². The molecule has 2 aromatic rings. The summed E-state index contributed by atoms with van der Waals surface area (Å²) in [6, 6.07) is 0. The van der Waals surface area contributed by atoms with Crippen LogP contribution in [0.2, 0.25) is 0 Å². The predicted octanol–water partition coefficient (Wildman–Crippen LogP) is 2.92. The van der Waals surface area contributed by atoms with Crippen molar-refractivity contribution in [2.45, 2.75) is 45.1 Å². The molecule has 0 spiro atoms. The second-order valence-electron chi connectivity index (χ2n) is 5.10. The van der Waals surface area contributed by atoms with Crippen LogP contribution in [0.5, 0.6) is 0 Å². The molecule has 0 saturated heterocycles. The molecule has 0 amide bonds. The molecular weight excluding hydrogens is 274 g/mol. The molecule has 6 heteroatoms. The molecule has 0 aliphatic heterocycles. The number of aliphatic carboxylic acids is 1. The largest absolute Gasteiger partial charge is 0.481 e. The number of nitrogens with zero attached hydrogens (tertiary/aromatic N) is 3. The Morgan fingerprint density at radius 2 is 2.45 bits per heavy atom. The first-order valence-electron chi connectivity index (χ1n) is 6.94. The second-order valence-corrected chi connectivity index (χ2v) is 6.19. The predicted molar refractivity (Wildman–Crippen MR) is 76.9 cm³/mol. The first-order valence-corrected chi connectivity index (χ1v) is 7.76. The van der Waals surface area contributed by atoms with Crippen LogP contribution in [0.25, 0.3) is 10.6 Å². The van der Waals surface area contributed by atoms with Crippen molar-refractivity contribution in [2.75, 3.05) is 0 Å². The summed E-state index contributed by atoms with van der Waals surface area (Å²) in [7, 11) is 0. The van der Waals surface area contributed by atoms with Crippen LogP contribution in [0, 0.1) is 0 Å². The Hall–Kier alpha value is -1.69. The molecule has 1 aliphatic rings. The van der Waals surface area contributed by atoms with E-state index in [0.717, 1.165) is 46.9 Å². The smallest absolute Gasteiger partial charge is 0.312 e. The maximum atomic E-state index is 11.3. The fourth-order valence-electron chi connectivity index (χ4n) is 2.61. The van der Waals surface area contributed by atoms with E-state index in [2.05, 4.69) is 17.0 Å². The summed E-state index contributed by atoms with van der Waals surface area (Å²) in [6.07, 6.45) is 7.41. The molecule has 3 rings (SSSR count). The van der Waals surface area contributed by atoms with Crippen molar-refractivity contribution in [2.24, 2.45) is 0 Å². The van der Waals surface area contributed by atoms with Crippen LogP contribution >= 0.6 is 11.3 Å². The molecular formula is C14H17N3O2S. The van der Waals surface area contributed by atoms with E-state index in [1.807, 2.05) is 17.1 Å². The summed E-state index contributed by atoms with van der Waals surface area (Å²) in [5.74, 6) is -1.20. The molecule has 0 radical (unpaired) electrons. The van der Waals surface area contributed by atoms with Gasteiger partial charge in [0.15, 0.2) is 0 Å². The van der Waals surface area contributed by atoms with E-state index < -0.39 is 11.9 Å². The van der Waals surface area contributed by atoms with Crippen molar-refractivity contribution in [3.63, 3.8) is 0 Å². The minimum absolute atomic E-state index is 0.436. The second kappa shape index (κ2) is 5.36. The third-order valence-electron chi connectivity index (χ3n) is 3.59. The summed E-state index contributed by atoms with van der Waals surface area (Å²) in [5.41, 5.74) is 1.76. The highest BCUT2D eigenvalue weighted by molar-refractivity contribution is 7.15. The fraction of sp³-hybridized carbons (Fsp3) is 0.500. The van der Waals surface area contributed by atoms with Crippen molar-refractivity contribution in [1.29, 1.82) is 0 Å². The van der Waals surface area contributed by atoms with Crippen LogP contribution in [0.15, 0.2) is 12.4 Å². The van der Waals surface area contributed by atoms with E-state index in [4.69, 9.17) is 0 Å². The molecule has 2 heterocycles. The molecule has 1 N–H and O–H groups in total. The van der Waals surface area contributed by atoms with Gasteiger partial charge < -0.3 is 5.11 Å². The highest BCUT2D eigenvalue weighted by Gasteiger charge is 2.30. The van der Waals surface area contributed by atoms with Crippen LogP contribution in [0.4, 0.5) is 0 Å². The van der Waals surface area contributed by atoms with Gasteiger partial charge in [-0.3, -0.25) is 9.48 Å². The Kier molecular flexibility index (Phi) is 3.56. The summed E-state index contributed by atoms with van der Waals surface area (Å²) in [5, 5.41) is 14.5. The van der Waals surface area contributed by atoms with Gasteiger partial charge in [0.2, 0.25) is 0 Å². The molecule has 1 aliphatic carbocycles. The number of carboxylic acid groups (broad SMARTS) is 1. The molecule has 106 valence electrons. The highest BCUT2D eigenvalue weighted by atomic mass is 32.1. The maximum Gasteiger partial charge on any atom is 0.312 e. The molecule has 20 heavy (non-hydrogen) atoms. The Morgan fingerprint density at radius 3 is 3.20 bits per heavy atom. The van der Waals surface area contributed by atoms with Crippen molar-refractivity contribution in [3.8, 4) is 10.6 Å². The molecule has 5 nitrogen and oxygen atoms in total. The zero-order valence-corrected chi connectivity index (χ0v) is 12.2. The summed E-state index contributed by atoms with van der Waals surface area (Å²) >= 11 is 1.61. The lowest BCUT2D eigenvalue weighted by molar-refractivity contribution is -0.139. The zero-order valence-electron chi connectivity index (χ0n) is 11.4. The quantitative estimate of drug-likeness (QED) is 0.940. The Morgan fingerprint density at radius 1 is 1.60 bits per heavy atom. The van der Waals surface area contributed by atoms with Crippen molar-refractivity contribution < 1.29 is 9.90 Å². The molecule has 0 saturated carbocycles. The first kappa shape index (κ1) is 13.3. The van der Waals surface area contributed by atoms with Crippen molar-refractivity contribution >= 4 is 17.3 Å². The summed E-state index contributed by atoms with van der Waals surface area (Å²) in [6.45, 7) is 3.00. The average Bonchev–Trinajstić information content (AvgIpc) is 3.03. The number of aromatic nitrogens is 3. The monoisotopic (exact) mass is 291 g/mol. The van der Waals surface area contributed by atoms with Crippen molar-refractivity contribution in [1.82, 2.24) is 14.8 Å². The normalized spacial score (nSPS) is 17.9. The van der Waals surface area contributed by atoms with Gasteiger partial charge in [-0.25, -0.2) is 4.98 Å². The lowest BCUT2D eigenvalue weighted by Gasteiger charge is -2.16. The van der Waals surface area contributed by atoms with Gasteiger partial charge in [0.1, 0.15) is 5.01 Å². The van der Waals surface area contributed by atoms with Crippen molar-refractivity contribution in [3.05, 3.63) is 23.0 Å². The van der Waals surface area contributed by atoms with Crippen LogP contribution in [-0.4, -0.2) is 25.8 Å².